The molecule has 1 N–H and O–H groups in total. The molecule has 1 fully saturated rings. The van der Waals surface area contributed by atoms with Crippen molar-refractivity contribution in [3.8, 4) is 5.75 Å². The fourth-order valence-corrected chi connectivity index (χ4v) is 3.90. The van der Waals surface area contributed by atoms with Crippen LogP contribution in [0.5, 0.6) is 5.75 Å². The Hall–Kier alpha value is -4.13. The fourth-order valence-electron chi connectivity index (χ4n) is 3.90. The molecule has 33 heavy (non-hydrogen) atoms. The first-order valence-electron chi connectivity index (χ1n) is 10.6. The van der Waals surface area contributed by atoms with Crippen LogP contribution in [-0.2, 0) is 9.59 Å². The van der Waals surface area contributed by atoms with Crippen LogP contribution in [0.1, 0.15) is 24.1 Å². The van der Waals surface area contributed by atoms with Crippen LogP contribution in [0, 0.1) is 0 Å². The van der Waals surface area contributed by atoms with Crippen LogP contribution in [0.2, 0.25) is 0 Å². The number of pyridine rings is 1. The first-order chi connectivity index (χ1) is 15.9. The highest BCUT2D eigenvalue weighted by atomic mass is 16.5. The Labute approximate surface area is 192 Å². The lowest BCUT2D eigenvalue weighted by atomic mass is 9.95. The van der Waals surface area contributed by atoms with Gasteiger partial charge in [0.1, 0.15) is 11.5 Å². The van der Waals surface area contributed by atoms with E-state index in [9.17, 15) is 14.7 Å². The number of rotatable bonds is 6. The minimum atomic E-state index is -0.785. The monoisotopic (exact) mass is 443 g/mol. The topological polar surface area (TPSA) is 83.0 Å². The molecule has 3 aromatic rings. The molecule has 0 radical (unpaired) electrons. The molecule has 1 amide bonds. The van der Waals surface area contributed by atoms with Gasteiger partial charge in [-0.15, -0.1) is 0 Å². The fraction of sp³-hybridized carbons (Fsp3) is 0.192. The first-order valence-corrected chi connectivity index (χ1v) is 10.6. The van der Waals surface area contributed by atoms with Gasteiger partial charge >= 0.3 is 0 Å². The number of nitrogens with zero attached hydrogens (tertiary/aromatic N) is 3. The van der Waals surface area contributed by atoms with Crippen LogP contribution < -0.4 is 14.5 Å². The van der Waals surface area contributed by atoms with E-state index in [1.807, 2.05) is 50.2 Å². The molecule has 7 heteroatoms. The summed E-state index contributed by atoms with van der Waals surface area (Å²) >= 11 is 0. The summed E-state index contributed by atoms with van der Waals surface area (Å²) in [6, 6.07) is 17.0. The van der Waals surface area contributed by atoms with Gasteiger partial charge < -0.3 is 14.7 Å². The van der Waals surface area contributed by atoms with Crippen molar-refractivity contribution in [2.24, 2.45) is 0 Å². The largest absolute Gasteiger partial charge is 0.507 e. The smallest absolute Gasteiger partial charge is 0.300 e. The van der Waals surface area contributed by atoms with Crippen molar-refractivity contribution < 1.29 is 19.4 Å². The van der Waals surface area contributed by atoms with E-state index in [2.05, 4.69) is 4.98 Å². The maximum absolute atomic E-state index is 13.2. The molecule has 1 aliphatic rings. The van der Waals surface area contributed by atoms with E-state index in [1.54, 1.807) is 36.4 Å². The summed E-state index contributed by atoms with van der Waals surface area (Å²) in [4.78, 5) is 33.7. The lowest BCUT2D eigenvalue weighted by Crippen LogP contribution is -2.29. The number of hydrogen-bond acceptors (Lipinski definition) is 6. The Kier molecular flexibility index (Phi) is 6.13. The molecule has 1 aliphatic heterocycles. The summed E-state index contributed by atoms with van der Waals surface area (Å²) in [6.07, 6.45) is 3.05. The number of aliphatic hydroxyl groups excluding tert-OH is 1. The van der Waals surface area contributed by atoms with Crippen molar-refractivity contribution in [1.82, 2.24) is 4.98 Å². The minimum absolute atomic E-state index is 0.0395. The van der Waals surface area contributed by atoms with Crippen molar-refractivity contribution in [1.29, 1.82) is 0 Å². The second kappa shape index (κ2) is 9.16. The van der Waals surface area contributed by atoms with Crippen LogP contribution in [-0.4, -0.2) is 42.5 Å². The molecule has 1 aromatic heterocycles. The number of carbonyl (C=O) groups excluding carboxylic acids is 2. The Balaban J connectivity index is 1.87. The molecule has 0 saturated carbocycles. The number of ketones is 1. The quantitative estimate of drug-likeness (QED) is 0.350. The Bertz CT molecular complexity index is 1190. The summed E-state index contributed by atoms with van der Waals surface area (Å²) < 4.78 is 5.51. The second-order valence-electron chi connectivity index (χ2n) is 7.82. The zero-order chi connectivity index (χ0) is 23.5. The molecule has 0 bridgehead atoms. The van der Waals surface area contributed by atoms with Gasteiger partial charge in [0, 0.05) is 43.4 Å². The van der Waals surface area contributed by atoms with E-state index in [1.165, 1.54) is 17.3 Å². The Morgan fingerprint density at radius 2 is 1.64 bits per heavy atom. The SMILES string of the molecule is CCOc1ccc(N2C(=O)C(=O)/C(=C(\O)c3ccncc3)C2c2ccc(N(C)C)cc2)cc1. The molecule has 7 nitrogen and oxygen atoms in total. The number of amides is 1. The van der Waals surface area contributed by atoms with Crippen molar-refractivity contribution in [2.45, 2.75) is 13.0 Å². The van der Waals surface area contributed by atoms with E-state index >= 15 is 0 Å². The number of carbonyl (C=O) groups is 2. The average Bonchev–Trinajstić information content (AvgIpc) is 3.10. The van der Waals surface area contributed by atoms with Gasteiger partial charge in [-0.2, -0.15) is 0 Å². The zero-order valence-electron chi connectivity index (χ0n) is 18.7. The van der Waals surface area contributed by atoms with E-state index in [0.717, 1.165) is 5.69 Å². The predicted octanol–water partition coefficient (Wildman–Crippen LogP) is 4.17. The molecule has 0 spiro atoms. The Morgan fingerprint density at radius 1 is 1.00 bits per heavy atom. The van der Waals surface area contributed by atoms with Crippen molar-refractivity contribution in [3.05, 3.63) is 89.8 Å². The highest BCUT2D eigenvalue weighted by Crippen LogP contribution is 2.42. The van der Waals surface area contributed by atoms with Crippen molar-refractivity contribution >= 4 is 28.8 Å². The first kappa shape index (κ1) is 22.1. The number of hydrogen-bond donors (Lipinski definition) is 1. The van der Waals surface area contributed by atoms with E-state index in [0.29, 0.717) is 29.2 Å². The third-order valence-corrected chi connectivity index (χ3v) is 5.55. The normalized spacial score (nSPS) is 17.3. The van der Waals surface area contributed by atoms with Gasteiger partial charge in [-0.3, -0.25) is 19.5 Å². The van der Waals surface area contributed by atoms with Gasteiger partial charge in [0.15, 0.2) is 0 Å². The van der Waals surface area contributed by atoms with Crippen LogP contribution in [0.3, 0.4) is 0 Å². The van der Waals surface area contributed by atoms with Gasteiger partial charge in [-0.05, 0) is 61.0 Å². The molecular formula is C26H25N3O4. The summed E-state index contributed by atoms with van der Waals surface area (Å²) in [5.41, 5.74) is 2.69. The van der Waals surface area contributed by atoms with Crippen LogP contribution in [0.15, 0.2) is 78.6 Å². The van der Waals surface area contributed by atoms with Gasteiger partial charge in [0.25, 0.3) is 11.7 Å². The molecular weight excluding hydrogens is 418 g/mol. The van der Waals surface area contributed by atoms with Gasteiger partial charge in [-0.1, -0.05) is 12.1 Å². The molecule has 2 aromatic carbocycles. The number of ether oxygens (including phenoxy) is 1. The van der Waals surface area contributed by atoms with E-state index in [-0.39, 0.29) is 11.3 Å². The van der Waals surface area contributed by atoms with Gasteiger partial charge in [-0.25, -0.2) is 0 Å². The average molecular weight is 444 g/mol. The number of benzene rings is 2. The number of Topliss-reactive ketones (excluding diaryl/α,β-unsaturated/α-hetero) is 1. The zero-order valence-corrected chi connectivity index (χ0v) is 18.7. The van der Waals surface area contributed by atoms with Crippen LogP contribution in [0.25, 0.3) is 5.76 Å². The third-order valence-electron chi connectivity index (χ3n) is 5.55. The predicted molar refractivity (Wildman–Crippen MR) is 127 cm³/mol. The molecule has 4 rings (SSSR count). The van der Waals surface area contributed by atoms with E-state index in [4.69, 9.17) is 4.74 Å². The Morgan fingerprint density at radius 3 is 2.21 bits per heavy atom. The summed E-state index contributed by atoms with van der Waals surface area (Å²) in [5, 5.41) is 11.1. The molecule has 1 atom stereocenters. The summed E-state index contributed by atoms with van der Waals surface area (Å²) in [6.45, 7) is 2.41. The molecule has 2 heterocycles. The van der Waals surface area contributed by atoms with Crippen LogP contribution >= 0.6 is 0 Å². The highest BCUT2D eigenvalue weighted by molar-refractivity contribution is 6.51. The maximum Gasteiger partial charge on any atom is 0.300 e. The summed E-state index contributed by atoms with van der Waals surface area (Å²) in [5.74, 6) is -0.997. The highest BCUT2D eigenvalue weighted by Gasteiger charge is 2.47. The lowest BCUT2D eigenvalue weighted by molar-refractivity contribution is -0.132. The molecule has 1 saturated heterocycles. The molecule has 168 valence electrons. The standard InChI is InChI=1S/C26H25N3O4/c1-4-33-21-11-9-20(10-12-21)29-23(17-5-7-19(8-6-17)28(2)3)22(25(31)26(29)32)24(30)18-13-15-27-16-14-18/h5-16,23,30H,4H2,1-3H3/b24-22-. The third kappa shape index (κ3) is 4.17. The van der Waals surface area contributed by atoms with Crippen molar-refractivity contribution in [2.75, 3.05) is 30.5 Å². The van der Waals surface area contributed by atoms with E-state index < -0.39 is 17.7 Å². The van der Waals surface area contributed by atoms with Gasteiger partial charge in [0.05, 0.1) is 18.2 Å². The van der Waals surface area contributed by atoms with Crippen molar-refractivity contribution in [3.63, 3.8) is 0 Å². The number of anilines is 2. The second-order valence-corrected chi connectivity index (χ2v) is 7.82. The summed E-state index contributed by atoms with van der Waals surface area (Å²) in [7, 11) is 3.87. The maximum atomic E-state index is 13.2. The minimum Gasteiger partial charge on any atom is -0.507 e. The number of aromatic nitrogens is 1. The van der Waals surface area contributed by atoms with Gasteiger partial charge in [0.2, 0.25) is 0 Å². The number of aliphatic hydroxyl groups is 1. The lowest BCUT2D eigenvalue weighted by Gasteiger charge is -2.26. The molecule has 1 unspecified atom stereocenters. The van der Waals surface area contributed by atoms with Crippen LogP contribution in [0.4, 0.5) is 11.4 Å². The molecule has 0 aliphatic carbocycles.